The molecule has 0 unspecified atom stereocenters. The van der Waals surface area contributed by atoms with Gasteiger partial charge in [-0.3, -0.25) is 9.59 Å². The summed E-state index contributed by atoms with van der Waals surface area (Å²) in [5, 5.41) is 17.4. The zero-order valence-corrected chi connectivity index (χ0v) is 24.6. The van der Waals surface area contributed by atoms with Crippen LogP contribution in [0.3, 0.4) is 0 Å². The number of carbonyl (C=O) groups is 2. The van der Waals surface area contributed by atoms with Crippen LogP contribution in [-0.4, -0.2) is 62.0 Å². The molecule has 0 saturated heterocycles. The number of carbonyl (C=O) groups excluding carboxylic acids is 2. The topological polar surface area (TPSA) is 150 Å². The number of ether oxygens (including phenoxy) is 3. The number of nitrogens with one attached hydrogen (secondary N) is 1. The summed E-state index contributed by atoms with van der Waals surface area (Å²) in [7, 11) is 5.90. The molecule has 0 atom stereocenters. The molecule has 2 aromatic carbocycles. The van der Waals surface area contributed by atoms with Crippen LogP contribution in [0.5, 0.6) is 17.2 Å². The van der Waals surface area contributed by atoms with Crippen molar-refractivity contribution < 1.29 is 33.1 Å². The van der Waals surface area contributed by atoms with Gasteiger partial charge in [0, 0.05) is 23.4 Å². The number of anilines is 2. The standard InChI is InChI=1S/C29H26N6O7S/c1-16(36)30-23-14-19(15-43-23)24(34-41-5)27-32-33-29(42-27)35-26(18-9-7-6-8-10-18)31-20(28(35)37)11-17-12-21(38-2)25(40-4)22(13-17)39-3/h6-15H,1-5H3,(H,30,36)/b20-11+,34-24-. The van der Waals surface area contributed by atoms with Gasteiger partial charge < -0.3 is 28.8 Å². The van der Waals surface area contributed by atoms with E-state index in [1.54, 1.807) is 29.7 Å². The lowest BCUT2D eigenvalue weighted by molar-refractivity contribution is -0.114. The summed E-state index contributed by atoms with van der Waals surface area (Å²) >= 11 is 1.29. The van der Waals surface area contributed by atoms with Crippen molar-refractivity contribution in [2.45, 2.75) is 6.92 Å². The van der Waals surface area contributed by atoms with Crippen LogP contribution in [0.15, 0.2) is 74.2 Å². The smallest absolute Gasteiger partial charge is 0.331 e. The predicted molar refractivity (Wildman–Crippen MR) is 160 cm³/mol. The van der Waals surface area contributed by atoms with E-state index in [1.807, 2.05) is 30.3 Å². The van der Waals surface area contributed by atoms with Crippen LogP contribution >= 0.6 is 11.3 Å². The van der Waals surface area contributed by atoms with E-state index in [-0.39, 0.29) is 35.1 Å². The van der Waals surface area contributed by atoms with E-state index in [0.717, 1.165) is 0 Å². The van der Waals surface area contributed by atoms with Crippen LogP contribution in [0.2, 0.25) is 0 Å². The van der Waals surface area contributed by atoms with E-state index in [2.05, 4.69) is 25.7 Å². The van der Waals surface area contributed by atoms with Crippen molar-refractivity contribution in [2.24, 2.45) is 10.1 Å². The Kier molecular flexibility index (Phi) is 8.48. The highest BCUT2D eigenvalue weighted by molar-refractivity contribution is 7.14. The first kappa shape index (κ1) is 29.0. The fraction of sp³-hybridized carbons (Fsp3) is 0.172. The maximum Gasteiger partial charge on any atom is 0.331 e. The Morgan fingerprint density at radius 1 is 1.02 bits per heavy atom. The second-order valence-electron chi connectivity index (χ2n) is 8.82. The number of rotatable bonds is 10. The second kappa shape index (κ2) is 12.6. The minimum absolute atomic E-state index is 0.00806. The molecule has 0 bridgehead atoms. The van der Waals surface area contributed by atoms with Crippen molar-refractivity contribution in [3.8, 4) is 17.2 Å². The summed E-state index contributed by atoms with van der Waals surface area (Å²) in [5.41, 5.74) is 2.12. The van der Waals surface area contributed by atoms with Crippen molar-refractivity contribution in [3.05, 3.63) is 82.2 Å². The van der Waals surface area contributed by atoms with Gasteiger partial charge >= 0.3 is 6.01 Å². The molecule has 4 aromatic rings. The van der Waals surface area contributed by atoms with Crippen LogP contribution < -0.4 is 24.4 Å². The van der Waals surface area contributed by atoms with E-state index >= 15 is 0 Å². The Bertz CT molecular complexity index is 1730. The quantitative estimate of drug-likeness (QED) is 0.159. The molecule has 0 saturated carbocycles. The van der Waals surface area contributed by atoms with Gasteiger partial charge in [0.2, 0.25) is 11.7 Å². The van der Waals surface area contributed by atoms with Crippen molar-refractivity contribution in [1.29, 1.82) is 0 Å². The van der Waals surface area contributed by atoms with Crippen molar-refractivity contribution in [2.75, 3.05) is 38.7 Å². The number of amides is 2. The number of hydrogen-bond donors (Lipinski definition) is 1. The summed E-state index contributed by atoms with van der Waals surface area (Å²) in [6, 6.07) is 14.1. The van der Waals surface area contributed by atoms with Crippen LogP contribution in [0, 0.1) is 0 Å². The average Bonchev–Trinajstić information content (AvgIpc) is 3.75. The Balaban J connectivity index is 1.55. The number of aromatic nitrogens is 2. The van der Waals surface area contributed by atoms with Gasteiger partial charge in [-0.1, -0.05) is 40.6 Å². The maximum absolute atomic E-state index is 13.8. The molecule has 5 rings (SSSR count). The average molecular weight is 603 g/mol. The molecule has 43 heavy (non-hydrogen) atoms. The maximum atomic E-state index is 13.8. The number of nitrogens with zero attached hydrogens (tertiary/aromatic N) is 5. The van der Waals surface area contributed by atoms with Crippen LogP contribution in [0.4, 0.5) is 11.0 Å². The summed E-state index contributed by atoms with van der Waals surface area (Å²) in [6.07, 6.45) is 1.60. The molecule has 220 valence electrons. The molecule has 3 heterocycles. The second-order valence-corrected chi connectivity index (χ2v) is 9.73. The molecule has 0 spiro atoms. The Morgan fingerprint density at radius 2 is 1.74 bits per heavy atom. The first-order valence-corrected chi connectivity index (χ1v) is 13.6. The lowest BCUT2D eigenvalue weighted by atomic mass is 10.1. The van der Waals surface area contributed by atoms with Crippen LogP contribution in [0.25, 0.3) is 6.08 Å². The fourth-order valence-corrected chi connectivity index (χ4v) is 5.06. The largest absolute Gasteiger partial charge is 0.493 e. The van der Waals surface area contributed by atoms with Gasteiger partial charge in [-0.05, 0) is 29.8 Å². The van der Waals surface area contributed by atoms with Crippen LogP contribution in [0.1, 0.15) is 29.5 Å². The highest BCUT2D eigenvalue weighted by atomic mass is 32.1. The van der Waals surface area contributed by atoms with Gasteiger partial charge in [0.25, 0.3) is 11.8 Å². The summed E-state index contributed by atoms with van der Waals surface area (Å²) in [4.78, 5) is 36.2. The van der Waals surface area contributed by atoms with E-state index in [1.165, 1.54) is 51.6 Å². The summed E-state index contributed by atoms with van der Waals surface area (Å²) < 4.78 is 22.3. The normalized spacial score (nSPS) is 14.1. The number of amidine groups is 1. The molecular weight excluding hydrogens is 576 g/mol. The van der Waals surface area contributed by atoms with Gasteiger partial charge in [0.15, 0.2) is 23.0 Å². The van der Waals surface area contributed by atoms with Crippen LogP contribution in [-0.2, 0) is 14.4 Å². The third kappa shape index (κ3) is 5.94. The van der Waals surface area contributed by atoms with Gasteiger partial charge in [0.05, 0.1) is 26.3 Å². The van der Waals surface area contributed by atoms with Gasteiger partial charge in [-0.25, -0.2) is 9.89 Å². The van der Waals surface area contributed by atoms with Crippen molar-refractivity contribution >= 4 is 51.8 Å². The van der Waals surface area contributed by atoms with E-state index in [0.29, 0.717) is 38.9 Å². The van der Waals surface area contributed by atoms with E-state index in [4.69, 9.17) is 23.5 Å². The monoisotopic (exact) mass is 602 g/mol. The first-order chi connectivity index (χ1) is 20.9. The van der Waals surface area contributed by atoms with Gasteiger partial charge in [-0.2, -0.15) is 0 Å². The molecule has 0 radical (unpaired) electrons. The highest BCUT2D eigenvalue weighted by Crippen LogP contribution is 2.39. The first-order valence-electron chi connectivity index (χ1n) is 12.7. The number of benzene rings is 2. The molecule has 1 aliphatic rings. The zero-order valence-electron chi connectivity index (χ0n) is 23.8. The molecule has 1 N–H and O–H groups in total. The minimum atomic E-state index is -0.503. The minimum Gasteiger partial charge on any atom is -0.493 e. The highest BCUT2D eigenvalue weighted by Gasteiger charge is 2.37. The molecular formula is C29H26N6O7S. The SMILES string of the molecule is CO/N=C(/c1csc(NC(C)=O)c1)c1nnc(N2C(=O)/C(=C\c3cc(OC)c(OC)c(OC)c3)N=C2c2ccccc2)o1. The number of oxime groups is 1. The summed E-state index contributed by atoms with van der Waals surface area (Å²) in [6.45, 7) is 1.41. The Morgan fingerprint density at radius 3 is 2.37 bits per heavy atom. The molecule has 2 aromatic heterocycles. The summed E-state index contributed by atoms with van der Waals surface area (Å²) in [5.74, 6) is 0.821. The Hall–Kier alpha value is -5.50. The number of aliphatic imine (C=N–C) groups is 1. The van der Waals surface area contributed by atoms with E-state index < -0.39 is 5.91 Å². The fourth-order valence-electron chi connectivity index (χ4n) is 4.23. The zero-order chi connectivity index (χ0) is 30.5. The Labute approximate surface area is 250 Å². The van der Waals surface area contributed by atoms with Gasteiger partial charge in [-0.15, -0.1) is 16.4 Å². The number of thiophene rings is 1. The number of hydrogen-bond acceptors (Lipinski definition) is 12. The third-order valence-corrected chi connectivity index (χ3v) is 6.89. The molecule has 0 fully saturated rings. The van der Waals surface area contributed by atoms with Crippen molar-refractivity contribution in [1.82, 2.24) is 10.2 Å². The van der Waals surface area contributed by atoms with E-state index in [9.17, 15) is 9.59 Å². The molecule has 1 aliphatic heterocycles. The number of methoxy groups -OCH3 is 3. The van der Waals surface area contributed by atoms with Gasteiger partial charge in [0.1, 0.15) is 12.8 Å². The molecule has 13 nitrogen and oxygen atoms in total. The molecule has 2 amide bonds. The van der Waals surface area contributed by atoms with Crippen molar-refractivity contribution in [3.63, 3.8) is 0 Å². The third-order valence-electron chi connectivity index (χ3n) is 6.05. The predicted octanol–water partition coefficient (Wildman–Crippen LogP) is 4.35. The lowest BCUT2D eigenvalue weighted by Gasteiger charge is -2.13. The lowest BCUT2D eigenvalue weighted by Crippen LogP contribution is -2.33. The molecule has 14 heteroatoms. The molecule has 0 aliphatic carbocycles.